The second-order valence-electron chi connectivity index (χ2n) is 5.34. The van der Waals surface area contributed by atoms with Crippen LogP contribution in [-0.2, 0) is 11.2 Å². The Labute approximate surface area is 129 Å². The minimum absolute atomic E-state index is 0.00667. The Morgan fingerprint density at radius 2 is 2.05 bits per heavy atom. The molecule has 0 fully saturated rings. The standard InChI is InChI=1S/C17H17ClN2O/c1-11(12-5-3-2-4-6-12)19-17(21)16-10-13-9-14(18)7-8-15(13)20-16/h2-9,11,16,20H,10H2,1H3,(H,19,21)/t11-,16?/m1/s1. The average molecular weight is 301 g/mol. The number of amides is 1. The molecule has 1 heterocycles. The first-order valence-corrected chi connectivity index (χ1v) is 7.41. The Kier molecular flexibility index (Phi) is 3.84. The van der Waals surface area contributed by atoms with Crippen molar-refractivity contribution >= 4 is 23.2 Å². The van der Waals surface area contributed by atoms with Gasteiger partial charge in [-0.2, -0.15) is 0 Å². The fourth-order valence-electron chi connectivity index (χ4n) is 2.63. The van der Waals surface area contributed by atoms with Gasteiger partial charge in [-0.1, -0.05) is 41.9 Å². The summed E-state index contributed by atoms with van der Waals surface area (Å²) in [6, 6.07) is 15.4. The van der Waals surface area contributed by atoms with Gasteiger partial charge >= 0.3 is 0 Å². The summed E-state index contributed by atoms with van der Waals surface area (Å²) in [4.78, 5) is 12.4. The molecule has 1 aliphatic heterocycles. The number of rotatable bonds is 3. The van der Waals surface area contributed by atoms with Crippen LogP contribution in [0.4, 0.5) is 5.69 Å². The van der Waals surface area contributed by atoms with Crippen molar-refractivity contribution in [3.63, 3.8) is 0 Å². The van der Waals surface area contributed by atoms with Crippen molar-refractivity contribution in [1.29, 1.82) is 0 Å². The maximum atomic E-state index is 12.4. The van der Waals surface area contributed by atoms with Crippen LogP contribution in [0.3, 0.4) is 0 Å². The van der Waals surface area contributed by atoms with Crippen molar-refractivity contribution in [1.82, 2.24) is 5.32 Å². The number of fused-ring (bicyclic) bond motifs is 1. The van der Waals surface area contributed by atoms with Crippen molar-refractivity contribution < 1.29 is 4.79 Å². The largest absolute Gasteiger partial charge is 0.373 e. The molecular weight excluding hydrogens is 284 g/mol. The van der Waals surface area contributed by atoms with E-state index in [1.54, 1.807) is 0 Å². The first kappa shape index (κ1) is 14.0. The number of halogens is 1. The number of anilines is 1. The predicted molar refractivity (Wildman–Crippen MR) is 85.6 cm³/mol. The number of carbonyl (C=O) groups excluding carboxylic acids is 1. The molecule has 1 unspecified atom stereocenters. The number of hydrogen-bond acceptors (Lipinski definition) is 2. The van der Waals surface area contributed by atoms with E-state index in [-0.39, 0.29) is 18.0 Å². The third kappa shape index (κ3) is 3.03. The summed E-state index contributed by atoms with van der Waals surface area (Å²) in [5, 5.41) is 7.00. The maximum Gasteiger partial charge on any atom is 0.243 e. The molecule has 3 rings (SSSR count). The van der Waals surface area contributed by atoms with E-state index in [2.05, 4.69) is 10.6 Å². The minimum atomic E-state index is -0.232. The molecule has 3 nitrogen and oxygen atoms in total. The SMILES string of the molecule is C[C@@H](NC(=O)C1Cc2cc(Cl)ccc2N1)c1ccccc1. The van der Waals surface area contributed by atoms with Gasteiger partial charge in [0.05, 0.1) is 6.04 Å². The molecule has 0 radical (unpaired) electrons. The third-order valence-electron chi connectivity index (χ3n) is 3.80. The van der Waals surface area contributed by atoms with Gasteiger partial charge < -0.3 is 10.6 Å². The van der Waals surface area contributed by atoms with E-state index in [0.717, 1.165) is 16.8 Å². The van der Waals surface area contributed by atoms with Crippen molar-refractivity contribution in [3.8, 4) is 0 Å². The van der Waals surface area contributed by atoms with Crippen LogP contribution in [0.15, 0.2) is 48.5 Å². The fourth-order valence-corrected chi connectivity index (χ4v) is 2.82. The fraction of sp³-hybridized carbons (Fsp3) is 0.235. The van der Waals surface area contributed by atoms with Crippen LogP contribution >= 0.6 is 11.6 Å². The van der Waals surface area contributed by atoms with Crippen LogP contribution in [0.1, 0.15) is 24.1 Å². The Morgan fingerprint density at radius 1 is 1.29 bits per heavy atom. The monoisotopic (exact) mass is 300 g/mol. The maximum absolute atomic E-state index is 12.4. The lowest BCUT2D eigenvalue weighted by Gasteiger charge is -2.18. The lowest BCUT2D eigenvalue weighted by atomic mass is 10.1. The van der Waals surface area contributed by atoms with E-state index in [0.29, 0.717) is 11.4 Å². The van der Waals surface area contributed by atoms with Crippen molar-refractivity contribution in [2.24, 2.45) is 0 Å². The van der Waals surface area contributed by atoms with Crippen LogP contribution in [0.25, 0.3) is 0 Å². The normalized spacial score (nSPS) is 17.7. The van der Waals surface area contributed by atoms with E-state index in [1.807, 2.05) is 55.5 Å². The molecular formula is C17H17ClN2O. The summed E-state index contributed by atoms with van der Waals surface area (Å²) >= 11 is 5.99. The Bertz CT molecular complexity index is 657. The van der Waals surface area contributed by atoms with Gasteiger partial charge in [-0.25, -0.2) is 0 Å². The van der Waals surface area contributed by atoms with Crippen LogP contribution < -0.4 is 10.6 Å². The van der Waals surface area contributed by atoms with E-state index >= 15 is 0 Å². The number of hydrogen-bond donors (Lipinski definition) is 2. The molecule has 108 valence electrons. The highest BCUT2D eigenvalue weighted by molar-refractivity contribution is 6.30. The first-order chi connectivity index (χ1) is 10.1. The highest BCUT2D eigenvalue weighted by atomic mass is 35.5. The topological polar surface area (TPSA) is 41.1 Å². The zero-order valence-electron chi connectivity index (χ0n) is 11.8. The summed E-state index contributed by atoms with van der Waals surface area (Å²) in [7, 11) is 0. The number of nitrogens with one attached hydrogen (secondary N) is 2. The van der Waals surface area contributed by atoms with E-state index in [9.17, 15) is 4.79 Å². The number of carbonyl (C=O) groups is 1. The molecule has 0 saturated heterocycles. The molecule has 21 heavy (non-hydrogen) atoms. The summed E-state index contributed by atoms with van der Waals surface area (Å²) < 4.78 is 0. The zero-order valence-corrected chi connectivity index (χ0v) is 12.5. The van der Waals surface area contributed by atoms with E-state index in [4.69, 9.17) is 11.6 Å². The third-order valence-corrected chi connectivity index (χ3v) is 4.03. The zero-order chi connectivity index (χ0) is 14.8. The second kappa shape index (κ2) is 5.78. The van der Waals surface area contributed by atoms with E-state index in [1.165, 1.54) is 0 Å². The van der Waals surface area contributed by atoms with Gasteiger partial charge in [0.1, 0.15) is 6.04 Å². The molecule has 4 heteroatoms. The lowest BCUT2D eigenvalue weighted by Crippen LogP contribution is -2.39. The molecule has 2 atom stereocenters. The smallest absolute Gasteiger partial charge is 0.243 e. The Morgan fingerprint density at radius 3 is 2.81 bits per heavy atom. The molecule has 0 spiro atoms. The van der Waals surface area contributed by atoms with Gasteiger partial charge in [0.2, 0.25) is 5.91 Å². The van der Waals surface area contributed by atoms with Gasteiger partial charge in [0.15, 0.2) is 0 Å². The minimum Gasteiger partial charge on any atom is -0.373 e. The van der Waals surface area contributed by atoms with Crippen molar-refractivity contribution in [2.75, 3.05) is 5.32 Å². The highest BCUT2D eigenvalue weighted by Gasteiger charge is 2.27. The average Bonchev–Trinajstić information content (AvgIpc) is 2.91. The first-order valence-electron chi connectivity index (χ1n) is 7.04. The Balaban J connectivity index is 1.65. The van der Waals surface area contributed by atoms with Gasteiger partial charge in [-0.3, -0.25) is 4.79 Å². The van der Waals surface area contributed by atoms with Crippen LogP contribution in [0.2, 0.25) is 5.02 Å². The van der Waals surface area contributed by atoms with Crippen LogP contribution in [0, 0.1) is 0 Å². The summed E-state index contributed by atoms with van der Waals surface area (Å²) in [5.41, 5.74) is 3.19. The predicted octanol–water partition coefficient (Wildman–Crippen LogP) is 3.55. The summed E-state index contributed by atoms with van der Waals surface area (Å²) in [5.74, 6) is 0.0127. The molecule has 2 aromatic rings. The van der Waals surface area contributed by atoms with Gasteiger partial charge in [-0.15, -0.1) is 0 Å². The Hall–Kier alpha value is -2.00. The molecule has 2 N–H and O–H groups in total. The highest BCUT2D eigenvalue weighted by Crippen LogP contribution is 2.28. The lowest BCUT2D eigenvalue weighted by molar-refractivity contribution is -0.122. The van der Waals surface area contributed by atoms with Crippen molar-refractivity contribution in [2.45, 2.75) is 25.4 Å². The molecule has 1 amide bonds. The van der Waals surface area contributed by atoms with Gasteiger partial charge in [0, 0.05) is 17.1 Å². The molecule has 2 aromatic carbocycles. The van der Waals surface area contributed by atoms with E-state index < -0.39 is 0 Å². The van der Waals surface area contributed by atoms with Gasteiger partial charge in [0.25, 0.3) is 0 Å². The summed E-state index contributed by atoms with van der Waals surface area (Å²) in [6.07, 6.45) is 0.670. The molecule has 0 saturated carbocycles. The second-order valence-corrected chi connectivity index (χ2v) is 5.78. The summed E-state index contributed by atoms with van der Waals surface area (Å²) in [6.45, 7) is 1.99. The molecule has 0 bridgehead atoms. The molecule has 1 aliphatic rings. The number of benzene rings is 2. The van der Waals surface area contributed by atoms with Gasteiger partial charge in [-0.05, 0) is 36.2 Å². The quantitative estimate of drug-likeness (QED) is 0.910. The molecule has 0 aromatic heterocycles. The van der Waals surface area contributed by atoms with Crippen LogP contribution in [0.5, 0.6) is 0 Å². The molecule has 0 aliphatic carbocycles. The van der Waals surface area contributed by atoms with Crippen LogP contribution in [-0.4, -0.2) is 11.9 Å². The van der Waals surface area contributed by atoms with Crippen molar-refractivity contribution in [3.05, 3.63) is 64.7 Å².